The van der Waals surface area contributed by atoms with E-state index in [9.17, 15) is 0 Å². The Balaban J connectivity index is 1.68. The van der Waals surface area contributed by atoms with Crippen molar-refractivity contribution in [1.82, 2.24) is 0 Å². The second-order valence-corrected chi connectivity index (χ2v) is 8.86. The monoisotopic (exact) mass is 406 g/mol. The minimum absolute atomic E-state index is 0.991. The van der Waals surface area contributed by atoms with Gasteiger partial charge in [-0.05, 0) is 79.6 Å². The summed E-state index contributed by atoms with van der Waals surface area (Å²) in [6.07, 6.45) is 1.98. The minimum atomic E-state index is 0.991. The summed E-state index contributed by atoms with van der Waals surface area (Å²) >= 11 is 0. The van der Waals surface area contributed by atoms with Crippen molar-refractivity contribution in [3.63, 3.8) is 0 Å². The van der Waals surface area contributed by atoms with Gasteiger partial charge >= 0.3 is 0 Å². The molecule has 0 amide bonds. The molecular weight excluding hydrogens is 384 g/mol. The van der Waals surface area contributed by atoms with Crippen molar-refractivity contribution in [3.8, 4) is 44.5 Å². The second kappa shape index (κ2) is 6.80. The van der Waals surface area contributed by atoms with Crippen molar-refractivity contribution >= 4 is 0 Å². The third-order valence-corrected chi connectivity index (χ3v) is 7.14. The molecule has 2 aliphatic rings. The maximum atomic E-state index is 2.32. The van der Waals surface area contributed by atoms with Gasteiger partial charge in [0.1, 0.15) is 0 Å². The smallest absolute Gasteiger partial charge is 0.000683 e. The third-order valence-electron chi connectivity index (χ3n) is 7.14. The van der Waals surface area contributed by atoms with E-state index in [0.717, 1.165) is 12.8 Å². The molecule has 5 aromatic carbocycles. The summed E-state index contributed by atoms with van der Waals surface area (Å²) in [4.78, 5) is 0. The van der Waals surface area contributed by atoms with E-state index in [1.54, 1.807) is 0 Å². The van der Waals surface area contributed by atoms with Gasteiger partial charge in [0.05, 0.1) is 0 Å². The summed E-state index contributed by atoms with van der Waals surface area (Å²) in [6.45, 7) is 0. The Labute approximate surface area is 188 Å². The van der Waals surface area contributed by atoms with Crippen LogP contribution in [-0.2, 0) is 12.8 Å². The van der Waals surface area contributed by atoms with Gasteiger partial charge in [0.15, 0.2) is 0 Å². The van der Waals surface area contributed by atoms with Gasteiger partial charge in [-0.2, -0.15) is 0 Å². The Morgan fingerprint density at radius 3 is 1.16 bits per heavy atom. The summed E-state index contributed by atoms with van der Waals surface area (Å²) in [5.74, 6) is 0. The summed E-state index contributed by atoms with van der Waals surface area (Å²) in [5, 5.41) is 0. The molecule has 150 valence electrons. The lowest BCUT2D eigenvalue weighted by Gasteiger charge is -2.21. The first-order valence-corrected chi connectivity index (χ1v) is 11.4. The summed E-state index contributed by atoms with van der Waals surface area (Å²) in [7, 11) is 0. The largest absolute Gasteiger partial charge is 0.0622 e. The Morgan fingerprint density at radius 1 is 0.344 bits per heavy atom. The molecule has 32 heavy (non-hydrogen) atoms. The van der Waals surface area contributed by atoms with Gasteiger partial charge in [-0.3, -0.25) is 0 Å². The molecule has 0 radical (unpaired) electrons. The Morgan fingerprint density at radius 2 is 0.719 bits per heavy atom. The zero-order chi connectivity index (χ0) is 21.1. The summed E-state index contributed by atoms with van der Waals surface area (Å²) in [6, 6.07) is 40.0. The quantitative estimate of drug-likeness (QED) is 0.272. The first-order chi connectivity index (χ1) is 15.9. The van der Waals surface area contributed by atoms with E-state index < -0.39 is 0 Å². The number of hydrogen-bond donors (Lipinski definition) is 0. The van der Waals surface area contributed by atoms with Crippen molar-refractivity contribution in [2.75, 3.05) is 0 Å². The molecule has 7 rings (SSSR count). The number of fused-ring (bicyclic) bond motifs is 6. The van der Waals surface area contributed by atoms with Gasteiger partial charge in [0.25, 0.3) is 0 Å². The molecular formula is C32H22. The molecule has 0 nitrogen and oxygen atoms in total. The lowest BCUT2D eigenvalue weighted by atomic mass is 9.81. The fraction of sp³-hybridized carbons (Fsp3) is 0.0625. The van der Waals surface area contributed by atoms with Gasteiger partial charge in [0, 0.05) is 0 Å². The van der Waals surface area contributed by atoms with Crippen molar-refractivity contribution < 1.29 is 0 Å². The van der Waals surface area contributed by atoms with Crippen molar-refractivity contribution in [2.24, 2.45) is 0 Å². The molecule has 0 spiro atoms. The van der Waals surface area contributed by atoms with Crippen LogP contribution in [0.1, 0.15) is 22.3 Å². The minimum Gasteiger partial charge on any atom is -0.0622 e. The van der Waals surface area contributed by atoms with Crippen LogP contribution >= 0.6 is 0 Å². The molecule has 0 heterocycles. The van der Waals surface area contributed by atoms with E-state index in [0.29, 0.717) is 0 Å². The highest BCUT2D eigenvalue weighted by Crippen LogP contribution is 2.56. The molecule has 0 saturated carbocycles. The summed E-state index contributed by atoms with van der Waals surface area (Å²) < 4.78 is 0. The first kappa shape index (κ1) is 17.7. The van der Waals surface area contributed by atoms with Crippen LogP contribution in [-0.4, -0.2) is 0 Å². The Hall–Kier alpha value is -3.90. The molecule has 0 aliphatic heterocycles. The fourth-order valence-electron chi connectivity index (χ4n) is 5.87. The maximum Gasteiger partial charge on any atom is -0.000683 e. The SMILES string of the molecule is c1ccc(-c2c3c(c(-c4ccccc4)c4c2-c2ccccc2C4)-c2ccccc2C3)cc1. The molecule has 0 saturated heterocycles. The van der Waals surface area contributed by atoms with Crippen LogP contribution in [0.4, 0.5) is 0 Å². The highest BCUT2D eigenvalue weighted by atomic mass is 14.4. The lowest BCUT2D eigenvalue weighted by molar-refractivity contribution is 1.24. The number of benzene rings is 5. The van der Waals surface area contributed by atoms with Gasteiger partial charge in [0.2, 0.25) is 0 Å². The van der Waals surface area contributed by atoms with E-state index in [-0.39, 0.29) is 0 Å². The fourth-order valence-corrected chi connectivity index (χ4v) is 5.87. The maximum absolute atomic E-state index is 2.32. The van der Waals surface area contributed by atoms with Crippen LogP contribution < -0.4 is 0 Å². The van der Waals surface area contributed by atoms with Crippen LogP contribution in [0.2, 0.25) is 0 Å². The third kappa shape index (κ3) is 2.44. The highest BCUT2D eigenvalue weighted by molar-refractivity contribution is 6.05. The molecule has 2 aliphatic carbocycles. The van der Waals surface area contributed by atoms with Crippen LogP contribution in [0.3, 0.4) is 0 Å². The van der Waals surface area contributed by atoms with Crippen LogP contribution in [0.15, 0.2) is 109 Å². The van der Waals surface area contributed by atoms with Gasteiger partial charge < -0.3 is 0 Å². The zero-order valence-electron chi connectivity index (χ0n) is 17.8. The van der Waals surface area contributed by atoms with E-state index >= 15 is 0 Å². The van der Waals surface area contributed by atoms with Crippen LogP contribution in [0.25, 0.3) is 44.5 Å². The molecule has 0 unspecified atom stereocenters. The zero-order valence-corrected chi connectivity index (χ0v) is 17.8. The predicted molar refractivity (Wildman–Crippen MR) is 134 cm³/mol. The first-order valence-electron chi connectivity index (χ1n) is 11.4. The Kier molecular flexibility index (Phi) is 3.77. The van der Waals surface area contributed by atoms with E-state index in [2.05, 4.69) is 109 Å². The molecule has 0 bridgehead atoms. The normalized spacial score (nSPS) is 12.8. The summed E-state index contributed by atoms with van der Waals surface area (Å²) in [5.41, 5.74) is 17.0. The average molecular weight is 407 g/mol. The van der Waals surface area contributed by atoms with Crippen molar-refractivity contribution in [2.45, 2.75) is 12.8 Å². The van der Waals surface area contributed by atoms with Gasteiger partial charge in [-0.25, -0.2) is 0 Å². The van der Waals surface area contributed by atoms with Crippen LogP contribution in [0, 0.1) is 0 Å². The Bertz CT molecular complexity index is 1370. The average Bonchev–Trinajstić information content (AvgIpc) is 3.42. The second-order valence-electron chi connectivity index (χ2n) is 8.86. The molecule has 0 atom stereocenters. The molecule has 5 aromatic rings. The van der Waals surface area contributed by atoms with Crippen molar-refractivity contribution in [3.05, 3.63) is 131 Å². The van der Waals surface area contributed by atoms with Crippen molar-refractivity contribution in [1.29, 1.82) is 0 Å². The molecule has 0 aromatic heterocycles. The van der Waals surface area contributed by atoms with Gasteiger partial charge in [-0.1, -0.05) is 109 Å². The predicted octanol–water partition coefficient (Wildman–Crippen LogP) is 8.16. The topological polar surface area (TPSA) is 0 Å². The van der Waals surface area contributed by atoms with E-state index in [1.165, 1.54) is 66.8 Å². The van der Waals surface area contributed by atoms with E-state index in [1.807, 2.05) is 0 Å². The molecule has 0 fully saturated rings. The van der Waals surface area contributed by atoms with E-state index in [4.69, 9.17) is 0 Å². The highest BCUT2D eigenvalue weighted by Gasteiger charge is 2.34. The molecule has 0 heteroatoms. The number of hydrogen-bond acceptors (Lipinski definition) is 0. The number of rotatable bonds is 2. The molecule has 0 N–H and O–H groups in total. The van der Waals surface area contributed by atoms with Crippen LogP contribution in [0.5, 0.6) is 0 Å². The standard InChI is InChI=1S/C32H22/c1-3-11-21(12-4-1)29-27-19-23-15-8-10-18-26(23)32(27)30(22-13-5-2-6-14-22)28-20-24-16-7-9-17-25(24)31(28)29/h1-18H,19-20H2. The van der Waals surface area contributed by atoms with Gasteiger partial charge in [-0.15, -0.1) is 0 Å². The lowest BCUT2D eigenvalue weighted by Crippen LogP contribution is -1.99.